The summed E-state index contributed by atoms with van der Waals surface area (Å²) in [6.45, 7) is 2.48. The molecule has 1 saturated heterocycles. The van der Waals surface area contributed by atoms with Crippen molar-refractivity contribution >= 4 is 11.5 Å². The Morgan fingerprint density at radius 2 is 2.19 bits per heavy atom. The van der Waals surface area contributed by atoms with Crippen molar-refractivity contribution < 1.29 is 4.74 Å². The Kier molecular flexibility index (Phi) is 2.65. The van der Waals surface area contributed by atoms with Crippen molar-refractivity contribution in [2.75, 3.05) is 26.5 Å². The molecule has 1 unspecified atom stereocenters. The van der Waals surface area contributed by atoms with Gasteiger partial charge in [0, 0.05) is 6.61 Å². The smallest absolute Gasteiger partial charge is 0.152 e. The van der Waals surface area contributed by atoms with E-state index in [1.807, 2.05) is 0 Å². The Labute approximate surface area is 94.1 Å². The van der Waals surface area contributed by atoms with Crippen molar-refractivity contribution in [3.05, 3.63) is 0 Å². The molecular weight excluding hydrogens is 206 g/mol. The average Bonchev–Trinajstić information content (AvgIpc) is 2.60. The monoisotopic (exact) mass is 221 g/mol. The number of azo groups is 1. The van der Waals surface area contributed by atoms with Crippen molar-refractivity contribution in [2.24, 2.45) is 20.2 Å². The highest BCUT2D eigenvalue weighted by Gasteiger charge is 2.31. The zero-order valence-electron chi connectivity index (χ0n) is 9.17. The molecule has 3 aliphatic heterocycles. The minimum Gasteiger partial charge on any atom is -0.358 e. The van der Waals surface area contributed by atoms with Crippen molar-refractivity contribution in [1.82, 2.24) is 4.90 Å². The number of amidine groups is 1. The van der Waals surface area contributed by atoms with E-state index in [4.69, 9.17) is 4.74 Å². The predicted octanol–water partition coefficient (Wildman–Crippen LogP) is 1.05. The van der Waals surface area contributed by atoms with Crippen LogP contribution in [0.25, 0.3) is 0 Å². The van der Waals surface area contributed by atoms with Crippen molar-refractivity contribution in [2.45, 2.75) is 25.5 Å². The van der Waals surface area contributed by atoms with Gasteiger partial charge in [-0.25, -0.2) is 4.99 Å². The van der Waals surface area contributed by atoms with Gasteiger partial charge in [-0.1, -0.05) is 0 Å². The number of ether oxygens (including phenoxy) is 1. The Morgan fingerprint density at radius 1 is 1.19 bits per heavy atom. The van der Waals surface area contributed by atoms with E-state index in [9.17, 15) is 0 Å². The van der Waals surface area contributed by atoms with Crippen LogP contribution >= 0.6 is 0 Å². The van der Waals surface area contributed by atoms with E-state index < -0.39 is 0 Å². The van der Waals surface area contributed by atoms with E-state index in [1.165, 1.54) is 6.42 Å². The molecule has 1 fully saturated rings. The van der Waals surface area contributed by atoms with Crippen LogP contribution < -0.4 is 0 Å². The fourth-order valence-electron chi connectivity index (χ4n) is 2.23. The summed E-state index contributed by atoms with van der Waals surface area (Å²) >= 11 is 0. The van der Waals surface area contributed by atoms with Gasteiger partial charge in [-0.2, -0.15) is 10.2 Å². The minimum absolute atomic E-state index is 0.145. The molecule has 0 aromatic heterocycles. The number of fused-ring (bicyclic) bond motifs is 1. The standard InChI is InChI=1S/C10H15N5O/c1-2-4-16-9(3-1)15-7-12-8-5-13-14-6-11-10(8)15/h9H,1-7H2. The zero-order chi connectivity index (χ0) is 10.8. The fraction of sp³-hybridized carbons (Fsp3) is 0.800. The number of hydrogen-bond acceptors (Lipinski definition) is 6. The maximum absolute atomic E-state index is 5.76. The van der Waals surface area contributed by atoms with Crippen LogP contribution in [0.15, 0.2) is 20.2 Å². The molecule has 3 rings (SSSR count). The second-order valence-electron chi connectivity index (χ2n) is 4.10. The second-order valence-corrected chi connectivity index (χ2v) is 4.10. The van der Waals surface area contributed by atoms with Gasteiger partial charge in [-0.05, 0) is 19.3 Å². The summed E-state index contributed by atoms with van der Waals surface area (Å²) in [6.07, 6.45) is 3.59. The Balaban J connectivity index is 1.76. The molecule has 1 atom stereocenters. The number of rotatable bonds is 1. The van der Waals surface area contributed by atoms with Crippen molar-refractivity contribution in [1.29, 1.82) is 0 Å². The molecule has 0 radical (unpaired) electrons. The summed E-state index contributed by atoms with van der Waals surface area (Å²) < 4.78 is 5.76. The number of hydrogen-bond donors (Lipinski definition) is 0. The summed E-state index contributed by atoms with van der Waals surface area (Å²) in [5, 5.41) is 7.93. The van der Waals surface area contributed by atoms with E-state index in [0.717, 1.165) is 31.0 Å². The van der Waals surface area contributed by atoms with Crippen LogP contribution in [0, 0.1) is 0 Å². The van der Waals surface area contributed by atoms with Crippen LogP contribution in [-0.4, -0.2) is 49.2 Å². The van der Waals surface area contributed by atoms with Crippen LogP contribution in [0.4, 0.5) is 0 Å². The molecule has 0 aliphatic carbocycles. The second kappa shape index (κ2) is 4.29. The highest BCUT2D eigenvalue weighted by Crippen LogP contribution is 2.21. The molecule has 0 aromatic carbocycles. The molecule has 0 aromatic rings. The van der Waals surface area contributed by atoms with E-state index in [2.05, 4.69) is 25.1 Å². The molecule has 0 N–H and O–H groups in total. The molecule has 16 heavy (non-hydrogen) atoms. The Hall–Kier alpha value is -1.30. The molecule has 86 valence electrons. The van der Waals surface area contributed by atoms with Gasteiger partial charge in [0.1, 0.15) is 25.2 Å². The molecule has 3 aliphatic rings. The largest absolute Gasteiger partial charge is 0.358 e. The SMILES string of the molecule is C1CCC(N2CN=C3CN=NCN=C32)OC1. The van der Waals surface area contributed by atoms with Crippen LogP contribution in [0.3, 0.4) is 0 Å². The van der Waals surface area contributed by atoms with E-state index in [-0.39, 0.29) is 6.23 Å². The van der Waals surface area contributed by atoms with Gasteiger partial charge in [0.15, 0.2) is 12.5 Å². The normalized spacial score (nSPS) is 29.5. The third-order valence-electron chi connectivity index (χ3n) is 3.05. The zero-order valence-corrected chi connectivity index (χ0v) is 9.17. The maximum Gasteiger partial charge on any atom is 0.152 e. The lowest BCUT2D eigenvalue weighted by Crippen LogP contribution is -2.43. The lowest BCUT2D eigenvalue weighted by Gasteiger charge is -2.31. The molecule has 0 spiro atoms. The topological polar surface area (TPSA) is 61.9 Å². The van der Waals surface area contributed by atoms with Crippen molar-refractivity contribution in [3.63, 3.8) is 0 Å². The molecule has 3 heterocycles. The maximum atomic E-state index is 5.76. The molecule has 0 amide bonds. The summed E-state index contributed by atoms with van der Waals surface area (Å²) in [5.74, 6) is 0.942. The lowest BCUT2D eigenvalue weighted by atomic mass is 10.1. The van der Waals surface area contributed by atoms with Crippen LogP contribution in [0.5, 0.6) is 0 Å². The molecule has 0 saturated carbocycles. The van der Waals surface area contributed by atoms with Gasteiger partial charge >= 0.3 is 0 Å². The van der Waals surface area contributed by atoms with Gasteiger partial charge in [0.05, 0.1) is 0 Å². The highest BCUT2D eigenvalue weighted by molar-refractivity contribution is 6.43. The first kappa shape index (κ1) is 9.89. The van der Waals surface area contributed by atoms with Crippen molar-refractivity contribution in [3.8, 4) is 0 Å². The fourth-order valence-corrected chi connectivity index (χ4v) is 2.23. The third-order valence-corrected chi connectivity index (χ3v) is 3.05. The van der Waals surface area contributed by atoms with Gasteiger partial charge in [-0.15, -0.1) is 0 Å². The third kappa shape index (κ3) is 1.73. The summed E-state index contributed by atoms with van der Waals surface area (Å²) in [7, 11) is 0. The van der Waals surface area contributed by atoms with Crippen LogP contribution in [0.2, 0.25) is 0 Å². The minimum atomic E-state index is 0.145. The van der Waals surface area contributed by atoms with Gasteiger partial charge in [-0.3, -0.25) is 4.99 Å². The Bertz CT molecular complexity index is 356. The summed E-state index contributed by atoms with van der Waals surface area (Å²) in [4.78, 5) is 11.0. The predicted molar refractivity (Wildman–Crippen MR) is 59.8 cm³/mol. The highest BCUT2D eigenvalue weighted by atomic mass is 16.5. The quantitative estimate of drug-likeness (QED) is 0.664. The first-order valence-corrected chi connectivity index (χ1v) is 5.75. The van der Waals surface area contributed by atoms with E-state index in [1.54, 1.807) is 0 Å². The lowest BCUT2D eigenvalue weighted by molar-refractivity contribution is -0.0528. The first-order valence-electron chi connectivity index (χ1n) is 5.75. The number of nitrogens with zero attached hydrogens (tertiary/aromatic N) is 5. The summed E-state index contributed by atoms with van der Waals surface area (Å²) in [6, 6.07) is 0. The Morgan fingerprint density at radius 3 is 3.06 bits per heavy atom. The van der Waals surface area contributed by atoms with Gasteiger partial charge < -0.3 is 9.64 Å². The molecular formula is C10H15N5O. The van der Waals surface area contributed by atoms with Gasteiger partial charge in [0.25, 0.3) is 0 Å². The van der Waals surface area contributed by atoms with E-state index in [0.29, 0.717) is 19.9 Å². The van der Waals surface area contributed by atoms with Gasteiger partial charge in [0.2, 0.25) is 0 Å². The average molecular weight is 221 g/mol. The molecule has 0 bridgehead atoms. The summed E-state index contributed by atoms with van der Waals surface area (Å²) in [5.41, 5.74) is 0.954. The van der Waals surface area contributed by atoms with Crippen LogP contribution in [-0.2, 0) is 4.74 Å². The number of aliphatic imine (C=N–C) groups is 2. The van der Waals surface area contributed by atoms with E-state index >= 15 is 0 Å². The van der Waals surface area contributed by atoms with Crippen LogP contribution in [0.1, 0.15) is 19.3 Å². The molecule has 6 nitrogen and oxygen atoms in total. The first-order chi connectivity index (χ1) is 7.95. The molecule has 6 heteroatoms.